The highest BCUT2D eigenvalue weighted by Crippen LogP contribution is 2.23. The maximum atomic E-state index is 12.4. The van der Waals surface area contributed by atoms with Crippen LogP contribution in [0.3, 0.4) is 0 Å². The SMILES string of the molecule is COCC(=O)N1CCN(c2ccc([N+](=O)[O-])cc2)C(=O)C1C. The van der Waals surface area contributed by atoms with E-state index in [0.717, 1.165) is 0 Å². The van der Waals surface area contributed by atoms with Gasteiger partial charge in [0.25, 0.3) is 5.69 Å². The zero-order valence-electron chi connectivity index (χ0n) is 12.4. The van der Waals surface area contributed by atoms with E-state index in [1.54, 1.807) is 6.92 Å². The highest BCUT2D eigenvalue weighted by Gasteiger charge is 2.34. The molecule has 8 nitrogen and oxygen atoms in total. The molecular formula is C14H17N3O5. The van der Waals surface area contributed by atoms with Crippen molar-refractivity contribution in [3.8, 4) is 0 Å². The molecule has 1 aromatic carbocycles. The number of non-ortho nitro benzene ring substituents is 1. The minimum Gasteiger partial charge on any atom is -0.375 e. The molecule has 0 aromatic heterocycles. The first kappa shape index (κ1) is 15.9. The smallest absolute Gasteiger partial charge is 0.269 e. The van der Waals surface area contributed by atoms with Crippen LogP contribution in [0.5, 0.6) is 0 Å². The van der Waals surface area contributed by atoms with Crippen LogP contribution < -0.4 is 4.90 Å². The largest absolute Gasteiger partial charge is 0.375 e. The van der Waals surface area contributed by atoms with Crippen LogP contribution >= 0.6 is 0 Å². The highest BCUT2D eigenvalue weighted by atomic mass is 16.6. The number of anilines is 1. The van der Waals surface area contributed by atoms with Gasteiger partial charge in [-0.1, -0.05) is 0 Å². The number of hydrogen-bond donors (Lipinski definition) is 0. The number of amides is 2. The molecule has 1 fully saturated rings. The molecule has 1 aliphatic rings. The minimum atomic E-state index is -0.591. The average Bonchev–Trinajstić information content (AvgIpc) is 2.50. The van der Waals surface area contributed by atoms with Gasteiger partial charge in [-0.05, 0) is 19.1 Å². The average molecular weight is 307 g/mol. The Labute approximate surface area is 127 Å². The molecule has 1 aliphatic heterocycles. The summed E-state index contributed by atoms with van der Waals surface area (Å²) in [7, 11) is 1.43. The first-order valence-electron chi connectivity index (χ1n) is 6.80. The molecule has 0 bridgehead atoms. The predicted octanol–water partition coefficient (Wildman–Crippen LogP) is 0.805. The molecule has 0 spiro atoms. The lowest BCUT2D eigenvalue weighted by Gasteiger charge is -2.39. The molecule has 1 unspecified atom stereocenters. The van der Waals surface area contributed by atoms with Crippen molar-refractivity contribution in [2.45, 2.75) is 13.0 Å². The number of ether oxygens (including phenoxy) is 1. The Bertz CT molecular complexity index is 587. The Kier molecular flexibility index (Phi) is 4.71. The molecular weight excluding hydrogens is 290 g/mol. The van der Waals surface area contributed by atoms with Crippen molar-refractivity contribution < 1.29 is 19.2 Å². The number of piperazine rings is 1. The molecule has 8 heteroatoms. The van der Waals surface area contributed by atoms with Crippen molar-refractivity contribution in [3.63, 3.8) is 0 Å². The lowest BCUT2D eigenvalue weighted by molar-refractivity contribution is -0.384. The van der Waals surface area contributed by atoms with Gasteiger partial charge < -0.3 is 14.5 Å². The maximum absolute atomic E-state index is 12.4. The summed E-state index contributed by atoms with van der Waals surface area (Å²) in [6.45, 7) is 2.34. The number of benzene rings is 1. The van der Waals surface area contributed by atoms with Crippen LogP contribution in [-0.2, 0) is 14.3 Å². The second-order valence-corrected chi connectivity index (χ2v) is 4.96. The molecule has 0 N–H and O–H groups in total. The Morgan fingerprint density at radius 3 is 2.55 bits per heavy atom. The van der Waals surface area contributed by atoms with Gasteiger partial charge in [0.15, 0.2) is 0 Å². The van der Waals surface area contributed by atoms with E-state index in [1.165, 1.54) is 41.2 Å². The summed E-state index contributed by atoms with van der Waals surface area (Å²) in [5.41, 5.74) is 0.555. The number of carbonyl (C=O) groups is 2. The molecule has 1 atom stereocenters. The number of carbonyl (C=O) groups excluding carboxylic acids is 2. The van der Waals surface area contributed by atoms with Crippen LogP contribution in [0.4, 0.5) is 11.4 Å². The fourth-order valence-electron chi connectivity index (χ4n) is 2.43. The van der Waals surface area contributed by atoms with E-state index in [-0.39, 0.29) is 24.1 Å². The number of hydrogen-bond acceptors (Lipinski definition) is 5. The Morgan fingerprint density at radius 1 is 1.36 bits per heavy atom. The minimum absolute atomic E-state index is 0.0295. The van der Waals surface area contributed by atoms with Crippen LogP contribution in [0.15, 0.2) is 24.3 Å². The topological polar surface area (TPSA) is 93.0 Å². The standard InChI is InChI=1S/C14H17N3O5/c1-10-14(19)16(8-7-15(10)13(18)9-22-2)11-3-5-12(6-4-11)17(20)21/h3-6,10H,7-9H2,1-2H3. The fraction of sp³-hybridized carbons (Fsp3) is 0.429. The van der Waals surface area contributed by atoms with E-state index < -0.39 is 11.0 Å². The second-order valence-electron chi connectivity index (χ2n) is 4.96. The third-order valence-corrected chi connectivity index (χ3v) is 3.62. The number of nitro benzene ring substituents is 1. The molecule has 1 aromatic rings. The van der Waals surface area contributed by atoms with Crippen molar-refractivity contribution in [2.75, 3.05) is 31.7 Å². The van der Waals surface area contributed by atoms with Gasteiger partial charge in [0.05, 0.1) is 4.92 Å². The molecule has 0 aliphatic carbocycles. The first-order valence-corrected chi connectivity index (χ1v) is 6.80. The van der Waals surface area contributed by atoms with Crippen LogP contribution in [0.25, 0.3) is 0 Å². The predicted molar refractivity (Wildman–Crippen MR) is 78.5 cm³/mol. The van der Waals surface area contributed by atoms with Gasteiger partial charge in [0, 0.05) is 38.0 Å². The summed E-state index contributed by atoms with van der Waals surface area (Å²) in [4.78, 5) is 37.5. The van der Waals surface area contributed by atoms with Crippen molar-refractivity contribution in [1.29, 1.82) is 0 Å². The normalized spacial score (nSPS) is 18.5. The molecule has 2 amide bonds. The van der Waals surface area contributed by atoms with E-state index in [9.17, 15) is 19.7 Å². The number of nitrogens with zero attached hydrogens (tertiary/aromatic N) is 3. The molecule has 22 heavy (non-hydrogen) atoms. The number of methoxy groups -OCH3 is 1. The van der Waals surface area contributed by atoms with Crippen molar-refractivity contribution in [3.05, 3.63) is 34.4 Å². The van der Waals surface area contributed by atoms with E-state index in [2.05, 4.69) is 0 Å². The lowest BCUT2D eigenvalue weighted by atomic mass is 10.1. The lowest BCUT2D eigenvalue weighted by Crippen LogP contribution is -2.58. The number of rotatable bonds is 4. The highest BCUT2D eigenvalue weighted by molar-refractivity contribution is 6.00. The van der Waals surface area contributed by atoms with E-state index in [4.69, 9.17) is 4.74 Å². The van der Waals surface area contributed by atoms with Gasteiger partial charge >= 0.3 is 0 Å². The second kappa shape index (κ2) is 6.52. The summed E-state index contributed by atoms with van der Waals surface area (Å²) in [6, 6.07) is 5.20. The summed E-state index contributed by atoms with van der Waals surface area (Å²) in [5.74, 6) is -0.448. The first-order chi connectivity index (χ1) is 10.5. The molecule has 0 radical (unpaired) electrons. The van der Waals surface area contributed by atoms with E-state index >= 15 is 0 Å². The van der Waals surface area contributed by atoms with Crippen molar-refractivity contribution >= 4 is 23.2 Å². The van der Waals surface area contributed by atoms with Gasteiger partial charge in [-0.3, -0.25) is 19.7 Å². The van der Waals surface area contributed by atoms with E-state index in [1.807, 2.05) is 0 Å². The Balaban J connectivity index is 2.13. The van der Waals surface area contributed by atoms with Gasteiger partial charge in [-0.2, -0.15) is 0 Å². The molecule has 1 saturated heterocycles. The number of nitro groups is 1. The van der Waals surface area contributed by atoms with Crippen LogP contribution in [0, 0.1) is 10.1 Å². The third-order valence-electron chi connectivity index (χ3n) is 3.62. The van der Waals surface area contributed by atoms with Crippen LogP contribution in [0.1, 0.15) is 6.92 Å². The van der Waals surface area contributed by atoms with E-state index in [0.29, 0.717) is 18.8 Å². The molecule has 2 rings (SSSR count). The Hall–Kier alpha value is -2.48. The monoisotopic (exact) mass is 307 g/mol. The zero-order valence-corrected chi connectivity index (χ0v) is 12.4. The van der Waals surface area contributed by atoms with Crippen LogP contribution in [0.2, 0.25) is 0 Å². The zero-order chi connectivity index (χ0) is 16.3. The van der Waals surface area contributed by atoms with Crippen LogP contribution in [-0.4, -0.2) is 54.5 Å². The quantitative estimate of drug-likeness (QED) is 0.606. The van der Waals surface area contributed by atoms with Gasteiger partial charge in [0.1, 0.15) is 12.6 Å². The Morgan fingerprint density at radius 2 is 2.00 bits per heavy atom. The van der Waals surface area contributed by atoms with Crippen molar-refractivity contribution in [1.82, 2.24) is 4.90 Å². The van der Waals surface area contributed by atoms with Gasteiger partial charge in [0.2, 0.25) is 11.8 Å². The third kappa shape index (κ3) is 3.06. The maximum Gasteiger partial charge on any atom is 0.269 e. The summed E-state index contributed by atoms with van der Waals surface area (Å²) in [6.07, 6.45) is 0. The fourth-order valence-corrected chi connectivity index (χ4v) is 2.43. The van der Waals surface area contributed by atoms with Gasteiger partial charge in [-0.25, -0.2) is 0 Å². The molecule has 118 valence electrons. The summed E-state index contributed by atoms with van der Waals surface area (Å²) in [5, 5.41) is 10.7. The molecule has 1 heterocycles. The van der Waals surface area contributed by atoms with Gasteiger partial charge in [-0.15, -0.1) is 0 Å². The van der Waals surface area contributed by atoms with Crippen molar-refractivity contribution in [2.24, 2.45) is 0 Å². The summed E-state index contributed by atoms with van der Waals surface area (Å²) >= 11 is 0. The summed E-state index contributed by atoms with van der Waals surface area (Å²) < 4.78 is 4.81. The molecule has 0 saturated carbocycles.